The summed E-state index contributed by atoms with van der Waals surface area (Å²) in [5.74, 6) is 0.428. The monoisotopic (exact) mass is 345 g/mol. The fraction of sp³-hybridized carbons (Fsp3) is 0.188. The Morgan fingerprint density at radius 3 is 2.71 bits per heavy atom. The van der Waals surface area contributed by atoms with Crippen LogP contribution in [-0.4, -0.2) is 28.7 Å². The first kappa shape index (κ1) is 16.1. The lowest BCUT2D eigenvalue weighted by Crippen LogP contribution is -2.33. The summed E-state index contributed by atoms with van der Waals surface area (Å²) in [5.41, 5.74) is 4.41. The van der Waals surface area contributed by atoms with Crippen LogP contribution in [0.3, 0.4) is 0 Å². The molecule has 0 aromatic heterocycles. The van der Waals surface area contributed by atoms with Crippen LogP contribution < -0.4 is 10.2 Å². The van der Waals surface area contributed by atoms with Crippen LogP contribution in [0.25, 0.3) is 0 Å². The molecular formula is C16H15N3O4S. The molecule has 2 aromatic carbocycles. The van der Waals surface area contributed by atoms with Crippen LogP contribution in [0.2, 0.25) is 0 Å². The molecule has 2 aromatic rings. The number of anilines is 1. The minimum Gasteiger partial charge on any atom is -0.490 e. The number of nitrogens with zero attached hydrogens (tertiary/aromatic N) is 2. The smallest absolute Gasteiger partial charge is 0.311 e. The quantitative estimate of drug-likeness (QED) is 0.662. The van der Waals surface area contributed by atoms with E-state index < -0.39 is 4.92 Å². The first-order chi connectivity index (χ1) is 11.6. The van der Waals surface area contributed by atoms with Gasteiger partial charge in [0, 0.05) is 6.07 Å². The van der Waals surface area contributed by atoms with Crippen LogP contribution in [0.15, 0.2) is 48.5 Å². The van der Waals surface area contributed by atoms with Crippen molar-refractivity contribution in [3.63, 3.8) is 0 Å². The Bertz CT molecular complexity index is 769. The predicted octanol–water partition coefficient (Wildman–Crippen LogP) is 3.20. The molecule has 1 aliphatic heterocycles. The van der Waals surface area contributed by atoms with Gasteiger partial charge in [-0.25, -0.2) is 5.01 Å². The van der Waals surface area contributed by atoms with E-state index >= 15 is 0 Å². The lowest BCUT2D eigenvalue weighted by molar-refractivity contribution is -0.385. The van der Waals surface area contributed by atoms with Crippen LogP contribution in [0, 0.1) is 10.1 Å². The van der Waals surface area contributed by atoms with Crippen molar-refractivity contribution in [1.82, 2.24) is 5.01 Å². The molecule has 0 saturated carbocycles. The van der Waals surface area contributed by atoms with Crippen molar-refractivity contribution >= 4 is 29.0 Å². The molecule has 1 saturated heterocycles. The molecule has 7 nitrogen and oxygen atoms in total. The van der Waals surface area contributed by atoms with Gasteiger partial charge in [0.1, 0.15) is 5.37 Å². The van der Waals surface area contributed by atoms with E-state index in [-0.39, 0.29) is 22.7 Å². The van der Waals surface area contributed by atoms with Crippen molar-refractivity contribution in [2.75, 3.05) is 18.3 Å². The van der Waals surface area contributed by atoms with Gasteiger partial charge in [0.05, 0.1) is 23.5 Å². The van der Waals surface area contributed by atoms with E-state index in [0.29, 0.717) is 11.3 Å². The highest BCUT2D eigenvalue weighted by atomic mass is 32.2. The number of benzene rings is 2. The number of carbonyl (C=O) groups excluding carboxylic acids is 1. The first-order valence-electron chi connectivity index (χ1n) is 7.18. The highest BCUT2D eigenvalue weighted by molar-refractivity contribution is 8.00. The molecule has 24 heavy (non-hydrogen) atoms. The van der Waals surface area contributed by atoms with Gasteiger partial charge >= 0.3 is 5.69 Å². The molecule has 1 heterocycles. The van der Waals surface area contributed by atoms with E-state index in [2.05, 4.69) is 5.43 Å². The zero-order chi connectivity index (χ0) is 17.1. The summed E-state index contributed by atoms with van der Waals surface area (Å²) in [6, 6.07) is 14.1. The zero-order valence-corrected chi connectivity index (χ0v) is 13.7. The van der Waals surface area contributed by atoms with Crippen molar-refractivity contribution in [3.05, 3.63) is 64.2 Å². The summed E-state index contributed by atoms with van der Waals surface area (Å²) in [6.07, 6.45) is 0. The Labute approximate surface area is 142 Å². The number of nitro benzene ring substituents is 1. The third-order valence-electron chi connectivity index (χ3n) is 3.58. The standard InChI is InChI=1S/C16H15N3O4S/c1-23-14-8-7-11(9-13(14)19(21)22)16-18(15(20)10-24-16)17-12-5-3-2-4-6-12/h2-9,16-17H,10H2,1H3/t16-/m1/s1. The Hall–Kier alpha value is -2.74. The summed E-state index contributed by atoms with van der Waals surface area (Å²) in [6.45, 7) is 0. The average molecular weight is 345 g/mol. The fourth-order valence-electron chi connectivity index (χ4n) is 2.45. The van der Waals surface area contributed by atoms with E-state index in [1.807, 2.05) is 30.3 Å². The van der Waals surface area contributed by atoms with Crippen LogP contribution in [-0.2, 0) is 4.79 Å². The molecule has 1 N–H and O–H groups in total. The number of para-hydroxylation sites is 1. The Balaban J connectivity index is 1.91. The van der Waals surface area contributed by atoms with Gasteiger partial charge in [0.15, 0.2) is 5.75 Å². The number of thioether (sulfide) groups is 1. The molecule has 1 fully saturated rings. The normalized spacial score (nSPS) is 17.0. The van der Waals surface area contributed by atoms with Gasteiger partial charge in [-0.05, 0) is 23.8 Å². The van der Waals surface area contributed by atoms with Crippen LogP contribution in [0.4, 0.5) is 11.4 Å². The van der Waals surface area contributed by atoms with Gasteiger partial charge in [-0.3, -0.25) is 20.3 Å². The number of nitro groups is 1. The van der Waals surface area contributed by atoms with Crippen LogP contribution in [0.1, 0.15) is 10.9 Å². The summed E-state index contributed by atoms with van der Waals surface area (Å²) in [7, 11) is 1.39. The topological polar surface area (TPSA) is 84.7 Å². The van der Waals surface area contributed by atoms with E-state index in [4.69, 9.17) is 4.74 Å². The number of amides is 1. The number of carbonyl (C=O) groups is 1. The molecule has 1 atom stereocenters. The highest BCUT2D eigenvalue weighted by Gasteiger charge is 2.34. The maximum absolute atomic E-state index is 12.2. The van der Waals surface area contributed by atoms with Crippen molar-refractivity contribution in [2.45, 2.75) is 5.37 Å². The zero-order valence-electron chi connectivity index (χ0n) is 12.8. The van der Waals surface area contributed by atoms with E-state index in [0.717, 1.165) is 5.69 Å². The molecule has 124 valence electrons. The van der Waals surface area contributed by atoms with Crippen LogP contribution >= 0.6 is 11.8 Å². The third-order valence-corrected chi connectivity index (χ3v) is 4.79. The van der Waals surface area contributed by atoms with Gasteiger partial charge in [0.2, 0.25) is 0 Å². The van der Waals surface area contributed by atoms with Crippen molar-refractivity contribution in [3.8, 4) is 5.75 Å². The second-order valence-corrected chi connectivity index (χ2v) is 6.16. The average Bonchev–Trinajstić information content (AvgIpc) is 2.96. The second kappa shape index (κ2) is 6.79. The molecule has 0 unspecified atom stereocenters. The number of rotatable bonds is 5. The number of nitrogens with one attached hydrogen (secondary N) is 1. The highest BCUT2D eigenvalue weighted by Crippen LogP contribution is 2.41. The molecule has 0 aliphatic carbocycles. The lowest BCUT2D eigenvalue weighted by Gasteiger charge is -2.25. The summed E-state index contributed by atoms with van der Waals surface area (Å²) >= 11 is 1.42. The fourth-order valence-corrected chi connectivity index (χ4v) is 3.54. The second-order valence-electron chi connectivity index (χ2n) is 5.09. The molecule has 0 spiro atoms. The SMILES string of the molecule is COc1ccc([C@H]2SCC(=O)N2Nc2ccccc2)cc1[N+](=O)[O-]. The van der Waals surface area contributed by atoms with Gasteiger partial charge in [-0.15, -0.1) is 11.8 Å². The molecule has 3 rings (SSSR count). The molecule has 0 bridgehead atoms. The Kier molecular flexibility index (Phi) is 4.57. The summed E-state index contributed by atoms with van der Waals surface area (Å²) < 4.78 is 5.02. The Morgan fingerprint density at radius 1 is 1.29 bits per heavy atom. The van der Waals surface area contributed by atoms with E-state index in [1.165, 1.54) is 29.9 Å². The maximum Gasteiger partial charge on any atom is 0.311 e. The molecule has 0 radical (unpaired) electrons. The van der Waals surface area contributed by atoms with Gasteiger partial charge in [-0.2, -0.15) is 0 Å². The van der Waals surface area contributed by atoms with Crippen LogP contribution in [0.5, 0.6) is 5.75 Å². The number of ether oxygens (including phenoxy) is 1. The number of hydrogen-bond acceptors (Lipinski definition) is 6. The largest absolute Gasteiger partial charge is 0.490 e. The predicted molar refractivity (Wildman–Crippen MR) is 91.8 cm³/mol. The molecule has 8 heteroatoms. The number of hydrazine groups is 1. The van der Waals surface area contributed by atoms with Gasteiger partial charge in [-0.1, -0.05) is 24.3 Å². The Morgan fingerprint density at radius 2 is 2.04 bits per heavy atom. The van der Waals surface area contributed by atoms with E-state index in [9.17, 15) is 14.9 Å². The van der Waals surface area contributed by atoms with Crippen molar-refractivity contribution in [2.24, 2.45) is 0 Å². The number of hydrogen-bond donors (Lipinski definition) is 1. The van der Waals surface area contributed by atoms with Gasteiger partial charge < -0.3 is 4.74 Å². The van der Waals surface area contributed by atoms with E-state index in [1.54, 1.807) is 12.1 Å². The third kappa shape index (κ3) is 3.13. The van der Waals surface area contributed by atoms with Crippen molar-refractivity contribution < 1.29 is 14.5 Å². The summed E-state index contributed by atoms with van der Waals surface area (Å²) in [4.78, 5) is 22.9. The summed E-state index contributed by atoms with van der Waals surface area (Å²) in [5, 5.41) is 12.4. The first-order valence-corrected chi connectivity index (χ1v) is 8.22. The maximum atomic E-state index is 12.2. The lowest BCUT2D eigenvalue weighted by atomic mass is 10.1. The molecule has 1 amide bonds. The minimum atomic E-state index is -0.487. The number of methoxy groups -OCH3 is 1. The van der Waals surface area contributed by atoms with Crippen molar-refractivity contribution in [1.29, 1.82) is 0 Å². The van der Waals surface area contributed by atoms with Gasteiger partial charge in [0.25, 0.3) is 5.91 Å². The minimum absolute atomic E-state index is 0.0766. The molecule has 1 aliphatic rings. The molecular weight excluding hydrogens is 330 g/mol.